The molecule has 1 fully saturated rings. The van der Waals surface area contributed by atoms with E-state index in [9.17, 15) is 14.9 Å². The molecule has 7 nitrogen and oxygen atoms in total. The van der Waals surface area contributed by atoms with Gasteiger partial charge in [-0.25, -0.2) is 0 Å². The lowest BCUT2D eigenvalue weighted by Crippen LogP contribution is -2.49. The minimum absolute atomic E-state index is 0. The van der Waals surface area contributed by atoms with Crippen molar-refractivity contribution in [3.8, 4) is 0 Å². The van der Waals surface area contributed by atoms with E-state index in [4.69, 9.17) is 0 Å². The summed E-state index contributed by atoms with van der Waals surface area (Å²) in [6.45, 7) is 4.05. The van der Waals surface area contributed by atoms with Crippen molar-refractivity contribution in [2.75, 3.05) is 39.8 Å². The number of carbonyl (C=O) groups excluding carboxylic acids is 1. The molecule has 1 aliphatic rings. The molecule has 1 aromatic heterocycles. The first kappa shape index (κ1) is 17.8. The molecule has 1 N–H and O–H groups in total. The zero-order valence-electron chi connectivity index (χ0n) is 11.8. The van der Waals surface area contributed by atoms with Crippen molar-refractivity contribution < 1.29 is 9.72 Å². The van der Waals surface area contributed by atoms with E-state index >= 15 is 0 Å². The zero-order valence-corrected chi connectivity index (χ0v) is 13.4. The highest BCUT2D eigenvalue weighted by Crippen LogP contribution is 2.23. The minimum Gasteiger partial charge on any atom is -0.339 e. The van der Waals surface area contributed by atoms with Crippen LogP contribution in [0.5, 0.6) is 0 Å². The quantitative estimate of drug-likeness (QED) is 0.640. The van der Waals surface area contributed by atoms with Crippen LogP contribution in [-0.2, 0) is 11.3 Å². The summed E-state index contributed by atoms with van der Waals surface area (Å²) in [6, 6.07) is 1.57. The number of carbonyl (C=O) groups is 1. The van der Waals surface area contributed by atoms with Gasteiger partial charge in [-0.3, -0.25) is 19.8 Å². The molecule has 1 aliphatic heterocycles. The molecule has 118 valence electrons. The number of nitro groups is 1. The molecule has 1 aromatic rings. The smallest absolute Gasteiger partial charge is 0.324 e. The van der Waals surface area contributed by atoms with Crippen molar-refractivity contribution in [2.24, 2.45) is 0 Å². The molecular formula is C12H19ClN4O3S. The van der Waals surface area contributed by atoms with Gasteiger partial charge in [-0.05, 0) is 12.6 Å². The average Bonchev–Trinajstić information content (AvgIpc) is 2.88. The molecule has 0 radical (unpaired) electrons. The van der Waals surface area contributed by atoms with Crippen molar-refractivity contribution >= 4 is 34.7 Å². The number of thiophene rings is 1. The molecule has 2 rings (SSSR count). The Balaban J connectivity index is 0.00000220. The van der Waals surface area contributed by atoms with Crippen LogP contribution in [0.25, 0.3) is 0 Å². The third-order valence-electron chi connectivity index (χ3n) is 3.15. The molecule has 0 unspecified atom stereocenters. The molecule has 9 heteroatoms. The van der Waals surface area contributed by atoms with Gasteiger partial charge in [-0.15, -0.1) is 12.4 Å². The fourth-order valence-electron chi connectivity index (χ4n) is 2.15. The van der Waals surface area contributed by atoms with Gasteiger partial charge in [0.05, 0.1) is 11.5 Å². The number of nitrogens with zero attached hydrogens (tertiary/aromatic N) is 3. The Morgan fingerprint density at radius 3 is 2.76 bits per heavy atom. The molecule has 0 bridgehead atoms. The highest BCUT2D eigenvalue weighted by Gasteiger charge is 2.18. The summed E-state index contributed by atoms with van der Waals surface area (Å²) in [6.07, 6.45) is 0. The van der Waals surface area contributed by atoms with Crippen molar-refractivity contribution in [3.05, 3.63) is 27.1 Å². The highest BCUT2D eigenvalue weighted by atomic mass is 35.5. The zero-order chi connectivity index (χ0) is 14.5. The summed E-state index contributed by atoms with van der Waals surface area (Å²) in [7, 11) is 1.85. The number of halogens is 1. The van der Waals surface area contributed by atoms with Gasteiger partial charge in [0.2, 0.25) is 5.91 Å². The SMILES string of the molecule is CN(CC(=O)N1CCNCC1)Cc1csc([N+](=O)[O-])c1.Cl. The van der Waals surface area contributed by atoms with Gasteiger partial charge in [0, 0.05) is 44.2 Å². The lowest BCUT2D eigenvalue weighted by Gasteiger charge is -2.29. The Morgan fingerprint density at radius 2 is 2.19 bits per heavy atom. The second kappa shape index (κ2) is 8.28. The Bertz CT molecular complexity index is 491. The Kier molecular flexibility index (Phi) is 7.03. The maximum atomic E-state index is 12.1. The molecule has 1 saturated heterocycles. The lowest BCUT2D eigenvalue weighted by atomic mass is 10.3. The van der Waals surface area contributed by atoms with Gasteiger partial charge in [-0.1, -0.05) is 11.3 Å². The predicted molar refractivity (Wildman–Crippen MR) is 84.0 cm³/mol. The molecule has 21 heavy (non-hydrogen) atoms. The topological polar surface area (TPSA) is 78.7 Å². The van der Waals surface area contributed by atoms with Gasteiger partial charge >= 0.3 is 5.00 Å². The highest BCUT2D eigenvalue weighted by molar-refractivity contribution is 7.13. The van der Waals surface area contributed by atoms with Crippen LogP contribution in [0.1, 0.15) is 5.56 Å². The number of rotatable bonds is 5. The third-order valence-corrected chi connectivity index (χ3v) is 4.08. The number of hydrogen-bond donors (Lipinski definition) is 1. The van der Waals surface area contributed by atoms with Crippen LogP contribution >= 0.6 is 23.7 Å². The second-order valence-electron chi connectivity index (χ2n) is 4.85. The maximum absolute atomic E-state index is 12.1. The normalized spacial score (nSPS) is 14.9. The second-order valence-corrected chi connectivity index (χ2v) is 5.74. The van der Waals surface area contributed by atoms with Gasteiger partial charge < -0.3 is 10.2 Å². The van der Waals surface area contributed by atoms with Gasteiger partial charge in [0.1, 0.15) is 0 Å². The van der Waals surface area contributed by atoms with Crippen LogP contribution in [0.2, 0.25) is 0 Å². The average molecular weight is 335 g/mol. The summed E-state index contributed by atoms with van der Waals surface area (Å²) < 4.78 is 0. The minimum atomic E-state index is -0.389. The lowest BCUT2D eigenvalue weighted by molar-refractivity contribution is -0.380. The van der Waals surface area contributed by atoms with Crippen LogP contribution < -0.4 is 5.32 Å². The summed E-state index contributed by atoms with van der Waals surface area (Å²) >= 11 is 1.12. The summed E-state index contributed by atoms with van der Waals surface area (Å²) in [5.74, 6) is 0.110. The van der Waals surface area contributed by atoms with E-state index in [1.807, 2.05) is 16.8 Å². The van der Waals surface area contributed by atoms with E-state index in [0.29, 0.717) is 13.1 Å². The van der Waals surface area contributed by atoms with Crippen LogP contribution in [0.15, 0.2) is 11.4 Å². The van der Waals surface area contributed by atoms with E-state index in [1.165, 1.54) is 0 Å². The first-order valence-electron chi connectivity index (χ1n) is 6.45. The Morgan fingerprint density at radius 1 is 1.52 bits per heavy atom. The third kappa shape index (κ3) is 5.24. The predicted octanol–water partition coefficient (Wildman–Crippen LogP) is 0.942. The summed E-state index contributed by atoms with van der Waals surface area (Å²) in [5, 5.41) is 15.7. The van der Waals surface area contributed by atoms with Gasteiger partial charge in [-0.2, -0.15) is 0 Å². The molecule has 0 saturated carbocycles. The first-order chi connectivity index (χ1) is 9.56. The van der Waals surface area contributed by atoms with E-state index in [0.717, 1.165) is 43.1 Å². The van der Waals surface area contributed by atoms with Crippen molar-refractivity contribution in [1.29, 1.82) is 0 Å². The van der Waals surface area contributed by atoms with Crippen LogP contribution in [-0.4, -0.2) is 60.4 Å². The largest absolute Gasteiger partial charge is 0.339 e. The maximum Gasteiger partial charge on any atom is 0.324 e. The van der Waals surface area contributed by atoms with Gasteiger partial charge in [0.25, 0.3) is 0 Å². The monoisotopic (exact) mass is 334 g/mol. The van der Waals surface area contributed by atoms with Crippen molar-refractivity contribution in [3.63, 3.8) is 0 Å². The molecule has 1 amide bonds. The van der Waals surface area contributed by atoms with E-state index in [-0.39, 0.29) is 28.2 Å². The van der Waals surface area contributed by atoms with Crippen molar-refractivity contribution in [1.82, 2.24) is 15.1 Å². The first-order valence-corrected chi connectivity index (χ1v) is 7.33. The Hall–Kier alpha value is -1.22. The molecule has 2 heterocycles. The number of piperazine rings is 1. The Labute approximate surface area is 133 Å². The number of likely N-dealkylation sites (N-methyl/N-ethyl adjacent to an activating group) is 1. The van der Waals surface area contributed by atoms with E-state index in [1.54, 1.807) is 11.4 Å². The molecule has 0 aromatic carbocycles. The molecule has 0 spiro atoms. The number of hydrogen-bond acceptors (Lipinski definition) is 6. The number of nitrogens with one attached hydrogen (secondary N) is 1. The fourth-order valence-corrected chi connectivity index (χ4v) is 2.87. The van der Waals surface area contributed by atoms with Crippen LogP contribution in [0.4, 0.5) is 5.00 Å². The fraction of sp³-hybridized carbons (Fsp3) is 0.583. The van der Waals surface area contributed by atoms with Crippen LogP contribution in [0.3, 0.4) is 0 Å². The number of amides is 1. The van der Waals surface area contributed by atoms with E-state index in [2.05, 4.69) is 5.32 Å². The summed E-state index contributed by atoms with van der Waals surface area (Å²) in [5.41, 5.74) is 0.873. The molecular weight excluding hydrogens is 316 g/mol. The molecule has 0 aliphatic carbocycles. The van der Waals surface area contributed by atoms with Crippen molar-refractivity contribution in [2.45, 2.75) is 6.54 Å². The van der Waals surface area contributed by atoms with E-state index < -0.39 is 0 Å². The standard InChI is InChI=1S/C12H18N4O3S.ClH/c1-14(7-10-6-12(16(18)19)20-9-10)8-11(17)15-4-2-13-3-5-15;/h6,9,13H,2-5,7-8H2,1H3;1H. The van der Waals surface area contributed by atoms with Crippen LogP contribution in [0, 0.1) is 10.1 Å². The van der Waals surface area contributed by atoms with Gasteiger partial charge in [0.15, 0.2) is 0 Å². The summed E-state index contributed by atoms with van der Waals surface area (Å²) in [4.78, 5) is 26.0. The molecule has 0 atom stereocenters.